The Hall–Kier alpha value is -3.34. The first-order valence-corrected chi connectivity index (χ1v) is 12.9. The maximum absolute atomic E-state index is 13.7. The third-order valence-electron chi connectivity index (χ3n) is 7.83. The molecule has 3 aliphatic rings. The van der Waals surface area contributed by atoms with Crippen molar-refractivity contribution in [3.63, 3.8) is 0 Å². The van der Waals surface area contributed by atoms with Gasteiger partial charge in [0, 0.05) is 40.9 Å². The van der Waals surface area contributed by atoms with Crippen molar-refractivity contribution < 1.29 is 14.7 Å². The number of Topliss-reactive ketones (excluding diaryl/α,β-unsaturated/α-hetero) is 1. The summed E-state index contributed by atoms with van der Waals surface area (Å²) in [6.45, 7) is 4.06. The van der Waals surface area contributed by atoms with Crippen LogP contribution in [-0.2, 0) is 16.0 Å². The zero-order chi connectivity index (χ0) is 24.5. The van der Waals surface area contributed by atoms with E-state index in [1.165, 1.54) is 11.1 Å². The van der Waals surface area contributed by atoms with Crippen LogP contribution in [0.1, 0.15) is 80.9 Å². The SMILES string of the molecule is CCc1ccc(C2CC(=O)C3=C(C2)NC(C)=C(C(=O)NC2CCCC2)C3c2cccc(O)c2)cc1. The third kappa shape index (κ3) is 4.64. The van der Waals surface area contributed by atoms with E-state index in [1.807, 2.05) is 13.0 Å². The van der Waals surface area contributed by atoms with Crippen molar-refractivity contribution in [1.29, 1.82) is 0 Å². The van der Waals surface area contributed by atoms with Crippen LogP contribution in [0.2, 0.25) is 0 Å². The minimum Gasteiger partial charge on any atom is -0.508 e. The summed E-state index contributed by atoms with van der Waals surface area (Å²) in [5, 5.41) is 16.9. The average molecular weight is 471 g/mol. The second kappa shape index (κ2) is 9.73. The second-order valence-electron chi connectivity index (χ2n) is 10.2. The number of rotatable bonds is 5. The van der Waals surface area contributed by atoms with Crippen LogP contribution in [-0.4, -0.2) is 22.8 Å². The fraction of sp³-hybridized carbons (Fsp3) is 0.400. The van der Waals surface area contributed by atoms with E-state index in [9.17, 15) is 14.7 Å². The van der Waals surface area contributed by atoms with Gasteiger partial charge in [-0.15, -0.1) is 0 Å². The number of phenolic OH excluding ortho intramolecular Hbond substituents is 1. The Kier molecular flexibility index (Phi) is 6.50. The van der Waals surface area contributed by atoms with Gasteiger partial charge in [0.1, 0.15) is 5.75 Å². The van der Waals surface area contributed by atoms with Crippen LogP contribution in [0.5, 0.6) is 5.75 Å². The molecular formula is C30H34N2O3. The van der Waals surface area contributed by atoms with Gasteiger partial charge in [0.2, 0.25) is 5.91 Å². The molecule has 35 heavy (non-hydrogen) atoms. The van der Waals surface area contributed by atoms with Gasteiger partial charge < -0.3 is 15.7 Å². The van der Waals surface area contributed by atoms with E-state index in [-0.39, 0.29) is 29.4 Å². The van der Waals surface area contributed by atoms with Crippen LogP contribution in [0.15, 0.2) is 71.1 Å². The topological polar surface area (TPSA) is 78.4 Å². The number of nitrogens with one attached hydrogen (secondary N) is 2. The number of amides is 1. The second-order valence-corrected chi connectivity index (χ2v) is 10.2. The van der Waals surface area contributed by atoms with Gasteiger partial charge in [-0.3, -0.25) is 9.59 Å². The van der Waals surface area contributed by atoms with E-state index in [1.54, 1.807) is 18.2 Å². The molecule has 0 bridgehead atoms. The minimum absolute atomic E-state index is 0.0651. The predicted molar refractivity (Wildman–Crippen MR) is 137 cm³/mol. The molecule has 0 spiro atoms. The van der Waals surface area contributed by atoms with Crippen LogP contribution in [0.4, 0.5) is 0 Å². The summed E-state index contributed by atoms with van der Waals surface area (Å²) in [6.07, 6.45) is 6.37. The van der Waals surface area contributed by atoms with E-state index in [0.29, 0.717) is 17.6 Å². The fourth-order valence-corrected chi connectivity index (χ4v) is 5.97. The first-order chi connectivity index (χ1) is 16.9. The summed E-state index contributed by atoms with van der Waals surface area (Å²) in [6, 6.07) is 15.7. The summed E-state index contributed by atoms with van der Waals surface area (Å²) in [5.74, 6) is -0.308. The van der Waals surface area contributed by atoms with E-state index in [4.69, 9.17) is 0 Å². The molecule has 1 aliphatic heterocycles. The van der Waals surface area contributed by atoms with Gasteiger partial charge in [-0.1, -0.05) is 56.2 Å². The zero-order valence-corrected chi connectivity index (χ0v) is 20.6. The monoisotopic (exact) mass is 470 g/mol. The Morgan fingerprint density at radius 1 is 1.06 bits per heavy atom. The number of phenols is 1. The molecule has 2 atom stereocenters. The first-order valence-electron chi connectivity index (χ1n) is 12.9. The largest absolute Gasteiger partial charge is 0.508 e. The third-order valence-corrected chi connectivity index (χ3v) is 7.83. The molecule has 2 unspecified atom stereocenters. The maximum atomic E-state index is 13.7. The number of dihydropyridines is 1. The lowest BCUT2D eigenvalue weighted by Gasteiger charge is -2.37. The summed E-state index contributed by atoms with van der Waals surface area (Å²) in [7, 11) is 0. The molecule has 2 aromatic rings. The van der Waals surface area contributed by atoms with Crippen LogP contribution in [0, 0.1) is 0 Å². The normalized spacial score (nSPS) is 22.7. The lowest BCUT2D eigenvalue weighted by atomic mass is 9.71. The molecule has 0 radical (unpaired) electrons. The number of hydrogen-bond donors (Lipinski definition) is 3. The van der Waals surface area contributed by atoms with Gasteiger partial charge in [0.05, 0.1) is 0 Å². The standard InChI is InChI=1S/C30H34N2O3/c1-3-19-11-13-20(14-12-19)22-16-25-29(26(34)17-22)28(21-7-6-10-24(33)15-21)27(18(2)31-25)30(35)32-23-8-4-5-9-23/h6-7,10-15,22-23,28,31,33H,3-5,8-9,16-17H2,1-2H3,(H,32,35). The zero-order valence-electron chi connectivity index (χ0n) is 20.6. The van der Waals surface area contributed by atoms with Crippen molar-refractivity contribution >= 4 is 11.7 Å². The Balaban J connectivity index is 1.52. The Morgan fingerprint density at radius 2 is 1.80 bits per heavy atom. The summed E-state index contributed by atoms with van der Waals surface area (Å²) in [4.78, 5) is 27.3. The van der Waals surface area contributed by atoms with Crippen LogP contribution in [0.3, 0.4) is 0 Å². The van der Waals surface area contributed by atoms with Crippen LogP contribution < -0.4 is 10.6 Å². The van der Waals surface area contributed by atoms with Crippen molar-refractivity contribution in [2.24, 2.45) is 0 Å². The van der Waals surface area contributed by atoms with Gasteiger partial charge in [-0.05, 0) is 67.3 Å². The molecule has 5 heteroatoms. The molecule has 1 fully saturated rings. The van der Waals surface area contributed by atoms with Gasteiger partial charge >= 0.3 is 0 Å². The van der Waals surface area contributed by atoms with E-state index in [0.717, 1.165) is 55.5 Å². The summed E-state index contributed by atoms with van der Waals surface area (Å²) < 4.78 is 0. The lowest BCUT2D eigenvalue weighted by Crippen LogP contribution is -2.41. The Labute approximate surface area is 207 Å². The summed E-state index contributed by atoms with van der Waals surface area (Å²) in [5.41, 5.74) is 6.15. The number of benzene rings is 2. The number of carbonyl (C=O) groups excluding carboxylic acids is 2. The Bertz CT molecular complexity index is 1200. The fourth-order valence-electron chi connectivity index (χ4n) is 5.97. The van der Waals surface area contributed by atoms with Crippen LogP contribution >= 0.6 is 0 Å². The molecule has 1 heterocycles. The maximum Gasteiger partial charge on any atom is 0.250 e. The molecule has 3 N–H and O–H groups in total. The van der Waals surface area contributed by atoms with E-state index >= 15 is 0 Å². The van der Waals surface area contributed by atoms with Crippen molar-refractivity contribution in [2.75, 3.05) is 0 Å². The molecule has 5 nitrogen and oxygen atoms in total. The van der Waals surface area contributed by atoms with Crippen LogP contribution in [0.25, 0.3) is 0 Å². The molecule has 1 amide bonds. The number of ketones is 1. The highest BCUT2D eigenvalue weighted by atomic mass is 16.3. The van der Waals surface area contributed by atoms with Crippen molar-refractivity contribution in [1.82, 2.24) is 10.6 Å². The number of allylic oxidation sites excluding steroid dienone is 3. The first kappa shape index (κ1) is 23.4. The minimum atomic E-state index is -0.490. The molecule has 5 rings (SSSR count). The van der Waals surface area contributed by atoms with Gasteiger partial charge in [0.25, 0.3) is 0 Å². The molecule has 2 aliphatic carbocycles. The molecule has 182 valence electrons. The van der Waals surface area contributed by atoms with Crippen molar-refractivity contribution in [3.8, 4) is 5.75 Å². The summed E-state index contributed by atoms with van der Waals surface area (Å²) >= 11 is 0. The highest BCUT2D eigenvalue weighted by Crippen LogP contribution is 2.46. The van der Waals surface area contributed by atoms with Gasteiger partial charge in [-0.2, -0.15) is 0 Å². The van der Waals surface area contributed by atoms with E-state index < -0.39 is 5.92 Å². The highest BCUT2D eigenvalue weighted by Gasteiger charge is 2.41. The smallest absolute Gasteiger partial charge is 0.250 e. The molecular weight excluding hydrogens is 436 g/mol. The van der Waals surface area contributed by atoms with Gasteiger partial charge in [-0.25, -0.2) is 0 Å². The van der Waals surface area contributed by atoms with E-state index in [2.05, 4.69) is 41.8 Å². The Morgan fingerprint density at radius 3 is 2.49 bits per heavy atom. The number of carbonyl (C=O) groups is 2. The van der Waals surface area contributed by atoms with Crippen molar-refractivity contribution in [2.45, 2.75) is 76.7 Å². The molecule has 1 saturated carbocycles. The average Bonchev–Trinajstić information content (AvgIpc) is 3.36. The highest BCUT2D eigenvalue weighted by molar-refractivity contribution is 6.05. The van der Waals surface area contributed by atoms with Gasteiger partial charge in [0.15, 0.2) is 5.78 Å². The quantitative estimate of drug-likeness (QED) is 0.549. The molecule has 0 aromatic heterocycles. The lowest BCUT2D eigenvalue weighted by molar-refractivity contribution is -0.118. The van der Waals surface area contributed by atoms with Crippen molar-refractivity contribution in [3.05, 3.63) is 87.8 Å². The number of aromatic hydroxyl groups is 1. The molecule has 0 saturated heterocycles. The number of hydrogen-bond acceptors (Lipinski definition) is 4. The predicted octanol–water partition coefficient (Wildman–Crippen LogP) is 5.38. The number of aryl methyl sites for hydroxylation is 1. The molecule has 2 aromatic carbocycles.